The molecule has 0 unspecified atom stereocenters. The maximum atomic E-state index is 5.51. The summed E-state index contributed by atoms with van der Waals surface area (Å²) >= 11 is 1.71. The molecular formula is C14H21N3O2S. The maximum absolute atomic E-state index is 5.51. The Kier molecular flexibility index (Phi) is 5.28. The molecule has 0 saturated carbocycles. The molecule has 0 spiro atoms. The van der Waals surface area contributed by atoms with E-state index in [1.165, 1.54) is 10.4 Å². The van der Waals surface area contributed by atoms with Crippen LogP contribution in [0.3, 0.4) is 0 Å². The zero-order valence-electron chi connectivity index (χ0n) is 12.4. The maximum Gasteiger partial charge on any atom is 0.158 e. The van der Waals surface area contributed by atoms with E-state index in [0.717, 1.165) is 22.6 Å². The summed E-state index contributed by atoms with van der Waals surface area (Å²) in [6, 6.07) is 0. The zero-order chi connectivity index (χ0) is 14.5. The van der Waals surface area contributed by atoms with Gasteiger partial charge in [0.2, 0.25) is 0 Å². The van der Waals surface area contributed by atoms with E-state index in [0.29, 0.717) is 25.6 Å². The molecule has 0 bridgehead atoms. The van der Waals surface area contributed by atoms with Gasteiger partial charge in [0.25, 0.3) is 0 Å². The number of fused-ring (bicyclic) bond motifs is 1. The van der Waals surface area contributed by atoms with Gasteiger partial charge in [0, 0.05) is 18.5 Å². The van der Waals surface area contributed by atoms with Crippen molar-refractivity contribution in [2.24, 2.45) is 0 Å². The molecule has 0 saturated heterocycles. The van der Waals surface area contributed by atoms with E-state index in [2.05, 4.69) is 36.1 Å². The summed E-state index contributed by atoms with van der Waals surface area (Å²) in [5.41, 5.74) is 1.26. The van der Waals surface area contributed by atoms with E-state index >= 15 is 0 Å². The smallest absolute Gasteiger partial charge is 0.158 e. The van der Waals surface area contributed by atoms with Crippen molar-refractivity contribution in [3.8, 4) is 0 Å². The molecule has 0 atom stereocenters. The topological polar surface area (TPSA) is 56.3 Å². The second-order valence-corrected chi connectivity index (χ2v) is 5.73. The Labute approximate surface area is 123 Å². The Morgan fingerprint density at radius 3 is 2.70 bits per heavy atom. The first-order valence-corrected chi connectivity index (χ1v) is 7.56. The van der Waals surface area contributed by atoms with Crippen molar-refractivity contribution in [3.63, 3.8) is 0 Å². The monoisotopic (exact) mass is 295 g/mol. The van der Waals surface area contributed by atoms with Gasteiger partial charge in [-0.05, 0) is 26.3 Å². The summed E-state index contributed by atoms with van der Waals surface area (Å²) in [6.45, 7) is 8.69. The highest BCUT2D eigenvalue weighted by Crippen LogP contribution is 2.33. The Bertz CT molecular complexity index is 583. The molecule has 2 rings (SSSR count). The van der Waals surface area contributed by atoms with Gasteiger partial charge in [0.1, 0.15) is 17.3 Å². The minimum absolute atomic E-state index is 0.410. The lowest BCUT2D eigenvalue weighted by Gasteiger charge is -2.08. The van der Waals surface area contributed by atoms with E-state index in [1.54, 1.807) is 18.4 Å². The first-order chi connectivity index (χ1) is 9.67. The van der Waals surface area contributed by atoms with Crippen LogP contribution < -0.4 is 5.32 Å². The van der Waals surface area contributed by atoms with Crippen molar-refractivity contribution >= 4 is 27.4 Å². The molecule has 110 valence electrons. The Morgan fingerprint density at radius 2 is 2.00 bits per heavy atom. The van der Waals surface area contributed by atoms with Gasteiger partial charge in [0.15, 0.2) is 5.82 Å². The number of ether oxygens (including phenoxy) is 2. The lowest BCUT2D eigenvalue weighted by molar-refractivity contribution is 0.0588. The second-order valence-electron chi connectivity index (χ2n) is 4.53. The predicted octanol–water partition coefficient (Wildman–Crippen LogP) is 2.90. The van der Waals surface area contributed by atoms with Crippen LogP contribution in [0.4, 0.5) is 5.82 Å². The summed E-state index contributed by atoms with van der Waals surface area (Å²) in [5.74, 6) is 1.62. The van der Waals surface area contributed by atoms with E-state index in [-0.39, 0.29) is 0 Å². The third kappa shape index (κ3) is 3.26. The highest BCUT2D eigenvalue weighted by Gasteiger charge is 2.14. The first-order valence-electron chi connectivity index (χ1n) is 6.74. The molecule has 2 aromatic rings. The van der Waals surface area contributed by atoms with Crippen molar-refractivity contribution in [1.82, 2.24) is 9.97 Å². The van der Waals surface area contributed by atoms with Gasteiger partial charge >= 0.3 is 0 Å². The summed E-state index contributed by atoms with van der Waals surface area (Å²) in [6.07, 6.45) is 0. The molecule has 1 N–H and O–H groups in total. The molecule has 0 radical (unpaired) electrons. The fourth-order valence-electron chi connectivity index (χ4n) is 1.96. The third-order valence-electron chi connectivity index (χ3n) is 3.08. The number of thiophene rings is 1. The molecule has 5 nitrogen and oxygen atoms in total. The van der Waals surface area contributed by atoms with Crippen LogP contribution in [-0.2, 0) is 16.1 Å². The van der Waals surface area contributed by atoms with Crippen molar-refractivity contribution < 1.29 is 9.47 Å². The quantitative estimate of drug-likeness (QED) is 0.796. The largest absolute Gasteiger partial charge is 0.382 e. The number of rotatable bonds is 7. The number of nitrogens with one attached hydrogen (secondary N) is 1. The summed E-state index contributed by atoms with van der Waals surface area (Å²) in [4.78, 5) is 11.5. The molecule has 0 amide bonds. The van der Waals surface area contributed by atoms with Gasteiger partial charge in [-0.15, -0.1) is 11.3 Å². The standard InChI is InChI=1S/C14H21N3O2S/c1-5-15-13-12-9(2)10(3)20-14(12)17-11(16-13)8-19-7-6-18-4/h5-8H2,1-4H3,(H,15,16,17). The van der Waals surface area contributed by atoms with Crippen LogP contribution in [0.1, 0.15) is 23.2 Å². The lowest BCUT2D eigenvalue weighted by atomic mass is 10.2. The molecule has 0 aliphatic carbocycles. The lowest BCUT2D eigenvalue weighted by Crippen LogP contribution is -2.07. The second kappa shape index (κ2) is 6.97. The third-order valence-corrected chi connectivity index (χ3v) is 4.18. The number of anilines is 1. The minimum Gasteiger partial charge on any atom is -0.382 e. The van der Waals surface area contributed by atoms with Crippen molar-refractivity contribution in [1.29, 1.82) is 0 Å². The fraction of sp³-hybridized carbons (Fsp3) is 0.571. The van der Waals surface area contributed by atoms with Crippen molar-refractivity contribution in [3.05, 3.63) is 16.3 Å². The van der Waals surface area contributed by atoms with Crippen LogP contribution in [0.2, 0.25) is 0 Å². The van der Waals surface area contributed by atoms with Crippen molar-refractivity contribution in [2.75, 3.05) is 32.2 Å². The number of aryl methyl sites for hydroxylation is 2. The van der Waals surface area contributed by atoms with Crippen LogP contribution in [0.15, 0.2) is 0 Å². The molecule has 0 aliphatic heterocycles. The SMILES string of the molecule is CCNc1nc(COCCOC)nc2sc(C)c(C)c12. The molecule has 0 fully saturated rings. The van der Waals surface area contributed by atoms with Crippen LogP contribution in [0, 0.1) is 13.8 Å². The average molecular weight is 295 g/mol. The fourth-order valence-corrected chi connectivity index (χ4v) is 3.01. The summed E-state index contributed by atoms with van der Waals surface area (Å²) < 4.78 is 10.5. The first kappa shape index (κ1) is 15.2. The highest BCUT2D eigenvalue weighted by atomic mass is 32.1. The van der Waals surface area contributed by atoms with Crippen LogP contribution in [0.25, 0.3) is 10.2 Å². The molecule has 2 aromatic heterocycles. The number of aromatic nitrogens is 2. The van der Waals surface area contributed by atoms with E-state index < -0.39 is 0 Å². The minimum atomic E-state index is 0.410. The van der Waals surface area contributed by atoms with Gasteiger partial charge in [-0.1, -0.05) is 0 Å². The van der Waals surface area contributed by atoms with Gasteiger partial charge in [-0.3, -0.25) is 0 Å². The number of methoxy groups -OCH3 is 1. The molecule has 0 aromatic carbocycles. The molecule has 2 heterocycles. The zero-order valence-corrected chi connectivity index (χ0v) is 13.3. The highest BCUT2D eigenvalue weighted by molar-refractivity contribution is 7.18. The predicted molar refractivity (Wildman–Crippen MR) is 82.6 cm³/mol. The molecule has 6 heteroatoms. The Balaban J connectivity index is 2.28. The molecular weight excluding hydrogens is 274 g/mol. The van der Waals surface area contributed by atoms with Crippen molar-refractivity contribution in [2.45, 2.75) is 27.4 Å². The molecule has 0 aliphatic rings. The summed E-state index contributed by atoms with van der Waals surface area (Å²) in [5, 5.41) is 4.46. The normalized spacial score (nSPS) is 11.2. The van der Waals surface area contributed by atoms with E-state index in [4.69, 9.17) is 9.47 Å². The Hall–Kier alpha value is -1.24. The number of hydrogen-bond acceptors (Lipinski definition) is 6. The van der Waals surface area contributed by atoms with Gasteiger partial charge in [0.05, 0.1) is 18.6 Å². The average Bonchev–Trinajstić information content (AvgIpc) is 2.71. The van der Waals surface area contributed by atoms with Crippen LogP contribution >= 0.6 is 11.3 Å². The van der Waals surface area contributed by atoms with Gasteiger partial charge < -0.3 is 14.8 Å². The van der Waals surface area contributed by atoms with E-state index in [1.807, 2.05) is 0 Å². The van der Waals surface area contributed by atoms with Gasteiger partial charge in [-0.25, -0.2) is 9.97 Å². The number of hydrogen-bond donors (Lipinski definition) is 1. The van der Waals surface area contributed by atoms with Crippen LogP contribution in [-0.4, -0.2) is 36.8 Å². The number of nitrogens with zero attached hydrogens (tertiary/aromatic N) is 2. The van der Waals surface area contributed by atoms with E-state index in [9.17, 15) is 0 Å². The Morgan fingerprint density at radius 1 is 1.20 bits per heavy atom. The summed E-state index contributed by atoms with van der Waals surface area (Å²) in [7, 11) is 1.66. The van der Waals surface area contributed by atoms with Crippen LogP contribution in [0.5, 0.6) is 0 Å². The molecule has 20 heavy (non-hydrogen) atoms. The van der Waals surface area contributed by atoms with Gasteiger partial charge in [-0.2, -0.15) is 0 Å².